The second kappa shape index (κ2) is 6.36. The molecular formula is C15H20N2O. The van der Waals surface area contributed by atoms with Gasteiger partial charge in [-0.1, -0.05) is 42.5 Å². The number of carbonyl (C=O) groups excluding carboxylic acids is 1. The summed E-state index contributed by atoms with van der Waals surface area (Å²) in [5.74, 6) is 0.0790. The lowest BCUT2D eigenvalue weighted by Gasteiger charge is -2.26. The molecule has 0 spiro atoms. The smallest absolute Gasteiger partial charge is 0.239 e. The molecule has 1 aliphatic heterocycles. The number of benzene rings is 1. The van der Waals surface area contributed by atoms with Crippen molar-refractivity contribution < 1.29 is 4.79 Å². The summed E-state index contributed by atoms with van der Waals surface area (Å²) in [6.07, 6.45) is 6.65. The maximum atomic E-state index is 12.1. The third-order valence-corrected chi connectivity index (χ3v) is 3.27. The van der Waals surface area contributed by atoms with E-state index >= 15 is 0 Å². The highest BCUT2D eigenvalue weighted by Crippen LogP contribution is 2.08. The molecule has 0 bridgehead atoms. The number of carbonyl (C=O) groups is 1. The zero-order valence-electron chi connectivity index (χ0n) is 10.6. The molecule has 2 N–H and O–H groups in total. The van der Waals surface area contributed by atoms with Crippen molar-refractivity contribution in [3.05, 3.63) is 48.0 Å². The first-order valence-electron chi connectivity index (χ1n) is 6.50. The highest BCUT2D eigenvalue weighted by Gasteiger charge is 2.20. The van der Waals surface area contributed by atoms with Crippen LogP contribution in [0.15, 0.2) is 42.5 Å². The summed E-state index contributed by atoms with van der Waals surface area (Å²) < 4.78 is 0. The number of hydrogen-bond donors (Lipinski definition) is 1. The summed E-state index contributed by atoms with van der Waals surface area (Å²) >= 11 is 0. The van der Waals surface area contributed by atoms with Gasteiger partial charge in [0.2, 0.25) is 5.91 Å². The van der Waals surface area contributed by atoms with Crippen molar-refractivity contribution in [3.63, 3.8) is 0 Å². The second-order valence-electron chi connectivity index (χ2n) is 4.68. The van der Waals surface area contributed by atoms with Crippen LogP contribution in [-0.4, -0.2) is 29.9 Å². The molecular weight excluding hydrogens is 224 g/mol. The SMILES string of the molecule is N[C@@H](CCc1ccccc1)C(=O)N1CC=CCC1. The minimum Gasteiger partial charge on any atom is -0.337 e. The number of rotatable bonds is 4. The van der Waals surface area contributed by atoms with Gasteiger partial charge in [-0.3, -0.25) is 4.79 Å². The zero-order valence-corrected chi connectivity index (χ0v) is 10.6. The Balaban J connectivity index is 1.82. The normalized spacial score (nSPS) is 16.6. The second-order valence-corrected chi connectivity index (χ2v) is 4.68. The fourth-order valence-corrected chi connectivity index (χ4v) is 2.17. The molecule has 1 amide bonds. The summed E-state index contributed by atoms with van der Waals surface area (Å²) in [6.45, 7) is 1.51. The number of nitrogens with zero attached hydrogens (tertiary/aromatic N) is 1. The van der Waals surface area contributed by atoms with Crippen molar-refractivity contribution in [2.45, 2.75) is 25.3 Å². The Morgan fingerprint density at radius 3 is 2.72 bits per heavy atom. The van der Waals surface area contributed by atoms with Crippen LogP contribution in [0.4, 0.5) is 0 Å². The molecule has 1 heterocycles. The third kappa shape index (κ3) is 3.44. The van der Waals surface area contributed by atoms with E-state index in [-0.39, 0.29) is 11.9 Å². The number of aryl methyl sites for hydroxylation is 1. The van der Waals surface area contributed by atoms with Crippen LogP contribution in [0.5, 0.6) is 0 Å². The van der Waals surface area contributed by atoms with Gasteiger partial charge >= 0.3 is 0 Å². The van der Waals surface area contributed by atoms with Gasteiger partial charge in [0.25, 0.3) is 0 Å². The lowest BCUT2D eigenvalue weighted by molar-refractivity contribution is -0.132. The Morgan fingerprint density at radius 2 is 2.06 bits per heavy atom. The lowest BCUT2D eigenvalue weighted by atomic mass is 10.0. The Morgan fingerprint density at radius 1 is 1.28 bits per heavy atom. The van der Waals surface area contributed by atoms with Crippen LogP contribution in [-0.2, 0) is 11.2 Å². The molecule has 0 radical (unpaired) electrons. The Hall–Kier alpha value is -1.61. The molecule has 0 unspecified atom stereocenters. The number of hydrogen-bond acceptors (Lipinski definition) is 2. The summed E-state index contributed by atoms with van der Waals surface area (Å²) in [5, 5.41) is 0. The Labute approximate surface area is 108 Å². The molecule has 1 aromatic rings. The first kappa shape index (κ1) is 12.8. The minimum atomic E-state index is -0.378. The van der Waals surface area contributed by atoms with Gasteiger partial charge in [0.1, 0.15) is 0 Å². The highest BCUT2D eigenvalue weighted by atomic mass is 16.2. The van der Waals surface area contributed by atoms with Crippen molar-refractivity contribution in [1.82, 2.24) is 4.90 Å². The molecule has 0 aliphatic carbocycles. The van der Waals surface area contributed by atoms with E-state index in [0.29, 0.717) is 13.0 Å². The van der Waals surface area contributed by atoms with Crippen LogP contribution in [0, 0.1) is 0 Å². The van der Waals surface area contributed by atoms with E-state index in [2.05, 4.69) is 18.2 Å². The van der Waals surface area contributed by atoms with Gasteiger partial charge in [0, 0.05) is 13.1 Å². The molecule has 0 aromatic heterocycles. The minimum absolute atomic E-state index is 0.0790. The summed E-state index contributed by atoms with van der Waals surface area (Å²) in [7, 11) is 0. The van der Waals surface area contributed by atoms with Crippen molar-refractivity contribution >= 4 is 5.91 Å². The van der Waals surface area contributed by atoms with Crippen molar-refractivity contribution in [3.8, 4) is 0 Å². The quantitative estimate of drug-likeness (QED) is 0.820. The van der Waals surface area contributed by atoms with Gasteiger partial charge in [0.15, 0.2) is 0 Å². The van der Waals surface area contributed by atoms with Crippen LogP contribution in [0.1, 0.15) is 18.4 Å². The van der Waals surface area contributed by atoms with Gasteiger partial charge in [-0.05, 0) is 24.8 Å². The molecule has 0 fully saturated rings. The molecule has 3 nitrogen and oxygen atoms in total. The van der Waals surface area contributed by atoms with Gasteiger partial charge in [0.05, 0.1) is 6.04 Å². The first-order chi connectivity index (χ1) is 8.77. The van der Waals surface area contributed by atoms with Gasteiger partial charge < -0.3 is 10.6 Å². The maximum Gasteiger partial charge on any atom is 0.239 e. The van der Waals surface area contributed by atoms with Crippen LogP contribution < -0.4 is 5.73 Å². The zero-order chi connectivity index (χ0) is 12.8. The van der Waals surface area contributed by atoms with Crippen LogP contribution in [0.25, 0.3) is 0 Å². The Kier molecular flexibility index (Phi) is 4.53. The van der Waals surface area contributed by atoms with Crippen LogP contribution in [0.2, 0.25) is 0 Å². The lowest BCUT2D eigenvalue weighted by Crippen LogP contribution is -2.45. The molecule has 1 aliphatic rings. The molecule has 0 saturated heterocycles. The molecule has 1 atom stereocenters. The van der Waals surface area contributed by atoms with Gasteiger partial charge in [-0.15, -0.1) is 0 Å². The molecule has 1 aromatic carbocycles. The summed E-state index contributed by atoms with van der Waals surface area (Å²) in [5.41, 5.74) is 7.22. The van der Waals surface area contributed by atoms with Crippen LogP contribution in [0.3, 0.4) is 0 Å². The third-order valence-electron chi connectivity index (χ3n) is 3.27. The van der Waals surface area contributed by atoms with E-state index in [1.54, 1.807) is 0 Å². The molecule has 0 saturated carbocycles. The first-order valence-corrected chi connectivity index (χ1v) is 6.50. The largest absolute Gasteiger partial charge is 0.337 e. The Bertz CT molecular complexity index is 414. The van der Waals surface area contributed by atoms with E-state index in [0.717, 1.165) is 19.4 Å². The number of amides is 1. The average molecular weight is 244 g/mol. The van der Waals surface area contributed by atoms with Gasteiger partial charge in [-0.2, -0.15) is 0 Å². The topological polar surface area (TPSA) is 46.3 Å². The predicted octanol–water partition coefficient (Wildman–Crippen LogP) is 1.73. The average Bonchev–Trinajstić information content (AvgIpc) is 2.46. The van der Waals surface area contributed by atoms with E-state index in [9.17, 15) is 4.79 Å². The molecule has 18 heavy (non-hydrogen) atoms. The highest BCUT2D eigenvalue weighted by molar-refractivity contribution is 5.81. The van der Waals surface area contributed by atoms with Crippen molar-refractivity contribution in [1.29, 1.82) is 0 Å². The summed E-state index contributed by atoms with van der Waals surface area (Å²) in [6, 6.07) is 9.78. The van der Waals surface area contributed by atoms with Crippen molar-refractivity contribution in [2.75, 3.05) is 13.1 Å². The van der Waals surface area contributed by atoms with Gasteiger partial charge in [-0.25, -0.2) is 0 Å². The standard InChI is InChI=1S/C15H20N2O/c16-14(10-9-13-7-3-1-4-8-13)15(18)17-11-5-2-6-12-17/h1-5,7-8,14H,6,9-12,16H2/t14-/m0/s1. The van der Waals surface area contributed by atoms with E-state index in [4.69, 9.17) is 5.73 Å². The van der Waals surface area contributed by atoms with Crippen LogP contribution >= 0.6 is 0 Å². The fourth-order valence-electron chi connectivity index (χ4n) is 2.17. The summed E-state index contributed by atoms with van der Waals surface area (Å²) in [4.78, 5) is 13.9. The van der Waals surface area contributed by atoms with E-state index in [1.165, 1.54) is 5.56 Å². The fraction of sp³-hybridized carbons (Fsp3) is 0.400. The number of nitrogens with two attached hydrogens (primary N) is 1. The van der Waals surface area contributed by atoms with E-state index < -0.39 is 0 Å². The molecule has 3 heteroatoms. The molecule has 96 valence electrons. The maximum absolute atomic E-state index is 12.1. The molecule has 2 rings (SSSR count). The monoisotopic (exact) mass is 244 g/mol. The predicted molar refractivity (Wildman–Crippen MR) is 73.1 cm³/mol. The van der Waals surface area contributed by atoms with E-state index in [1.807, 2.05) is 29.2 Å². The van der Waals surface area contributed by atoms with Crippen molar-refractivity contribution in [2.24, 2.45) is 5.73 Å².